The quantitative estimate of drug-likeness (QED) is 0.501. The molecule has 0 aromatic heterocycles. The van der Waals surface area contributed by atoms with Crippen LogP contribution in [0.3, 0.4) is 0 Å². The topological polar surface area (TPSA) is 123 Å². The molecule has 3 atom stereocenters. The predicted octanol–water partition coefficient (Wildman–Crippen LogP) is 3.39. The molecule has 0 saturated carbocycles. The molecule has 1 aromatic rings. The van der Waals surface area contributed by atoms with Gasteiger partial charge in [-0.25, -0.2) is 14.2 Å². The van der Waals surface area contributed by atoms with E-state index in [1.54, 1.807) is 20.8 Å². The summed E-state index contributed by atoms with van der Waals surface area (Å²) in [5.74, 6) is -1.83. The van der Waals surface area contributed by atoms with Crippen molar-refractivity contribution in [3.63, 3.8) is 0 Å². The van der Waals surface area contributed by atoms with Crippen molar-refractivity contribution in [1.29, 1.82) is 0 Å². The van der Waals surface area contributed by atoms with E-state index in [1.807, 2.05) is 0 Å². The highest BCUT2D eigenvalue weighted by molar-refractivity contribution is 7.54. The minimum absolute atomic E-state index is 0.101. The van der Waals surface area contributed by atoms with Gasteiger partial charge >= 0.3 is 19.7 Å². The lowest BCUT2D eigenvalue weighted by Crippen LogP contribution is -2.50. The van der Waals surface area contributed by atoms with Gasteiger partial charge in [-0.3, -0.25) is 9.69 Å². The summed E-state index contributed by atoms with van der Waals surface area (Å²) in [6.07, 6.45) is 1.40. The van der Waals surface area contributed by atoms with E-state index in [0.717, 1.165) is 0 Å². The van der Waals surface area contributed by atoms with Gasteiger partial charge < -0.3 is 23.8 Å². The fraction of sp³-hybridized carbons (Fsp3) is 0.591. The van der Waals surface area contributed by atoms with Crippen LogP contribution in [-0.2, 0) is 18.8 Å². The van der Waals surface area contributed by atoms with Crippen LogP contribution in [0.4, 0.5) is 4.79 Å². The summed E-state index contributed by atoms with van der Waals surface area (Å²) < 4.78 is 28.6. The third kappa shape index (κ3) is 5.86. The van der Waals surface area contributed by atoms with Gasteiger partial charge in [0, 0.05) is 13.1 Å². The van der Waals surface area contributed by atoms with Crippen molar-refractivity contribution in [3.05, 3.63) is 29.8 Å². The highest BCUT2D eigenvalue weighted by atomic mass is 31.2. The number of nitrogens with zero attached hydrogens (tertiary/aromatic N) is 2. The van der Waals surface area contributed by atoms with Crippen molar-refractivity contribution in [2.45, 2.75) is 63.9 Å². The molecule has 0 aliphatic carbocycles. The lowest BCUT2D eigenvalue weighted by Gasteiger charge is -2.33. The van der Waals surface area contributed by atoms with Crippen LogP contribution in [0.5, 0.6) is 5.75 Å². The molecule has 2 fully saturated rings. The second-order valence-electron chi connectivity index (χ2n) is 9.16. The Kier molecular flexibility index (Phi) is 7.39. The van der Waals surface area contributed by atoms with E-state index in [-0.39, 0.29) is 17.2 Å². The molecule has 11 heteroatoms. The number of esters is 1. The molecule has 1 N–H and O–H groups in total. The molecule has 1 aromatic carbocycles. The number of rotatable bonds is 5. The Hall–Kier alpha value is -2.58. The van der Waals surface area contributed by atoms with Crippen molar-refractivity contribution in [2.24, 2.45) is 0 Å². The summed E-state index contributed by atoms with van der Waals surface area (Å²) in [6, 6.07) is 4.92. The monoisotopic (exact) mass is 482 g/mol. The molecule has 0 radical (unpaired) electrons. The SMILES string of the molecule is COC(=O)c1ccc(OP(=O)(O)[C@@H]2CCCN2C(=O)[C@@H]2CCCN2C(=O)OC(C)(C)C)cc1. The molecule has 0 spiro atoms. The molecule has 2 aliphatic heterocycles. The van der Waals surface area contributed by atoms with Crippen LogP contribution in [0.15, 0.2) is 24.3 Å². The van der Waals surface area contributed by atoms with Gasteiger partial charge in [0.05, 0.1) is 12.7 Å². The van der Waals surface area contributed by atoms with E-state index in [1.165, 1.54) is 41.2 Å². The first-order valence-electron chi connectivity index (χ1n) is 10.9. The zero-order valence-electron chi connectivity index (χ0n) is 19.4. The summed E-state index contributed by atoms with van der Waals surface area (Å²) >= 11 is 0. The molecule has 33 heavy (non-hydrogen) atoms. The summed E-state index contributed by atoms with van der Waals surface area (Å²) in [6.45, 7) is 5.96. The number of hydrogen-bond acceptors (Lipinski definition) is 7. The maximum atomic E-state index is 13.3. The Bertz CT molecular complexity index is 943. The lowest BCUT2D eigenvalue weighted by atomic mass is 10.2. The summed E-state index contributed by atoms with van der Waals surface area (Å²) in [4.78, 5) is 51.0. The van der Waals surface area contributed by atoms with Gasteiger partial charge in [-0.1, -0.05) is 0 Å². The van der Waals surface area contributed by atoms with Crippen LogP contribution in [0, 0.1) is 0 Å². The van der Waals surface area contributed by atoms with E-state index in [2.05, 4.69) is 4.74 Å². The van der Waals surface area contributed by atoms with Gasteiger partial charge in [0.2, 0.25) is 5.91 Å². The second kappa shape index (κ2) is 9.73. The molecule has 2 amide bonds. The molecule has 2 heterocycles. The number of benzene rings is 1. The number of carbonyl (C=O) groups excluding carboxylic acids is 3. The number of amides is 2. The maximum absolute atomic E-state index is 13.3. The predicted molar refractivity (Wildman–Crippen MR) is 119 cm³/mol. The molecular weight excluding hydrogens is 451 g/mol. The van der Waals surface area contributed by atoms with Crippen LogP contribution < -0.4 is 4.52 Å². The highest BCUT2D eigenvalue weighted by Gasteiger charge is 2.48. The average Bonchev–Trinajstić information content (AvgIpc) is 3.42. The van der Waals surface area contributed by atoms with E-state index in [0.29, 0.717) is 38.8 Å². The molecule has 2 aliphatic rings. The molecule has 0 bridgehead atoms. The Balaban J connectivity index is 1.72. The van der Waals surface area contributed by atoms with E-state index in [9.17, 15) is 23.8 Å². The first kappa shape index (κ1) is 25.1. The van der Waals surface area contributed by atoms with Gasteiger partial charge in [0.15, 0.2) is 0 Å². The Morgan fingerprint density at radius 3 is 2.24 bits per heavy atom. The van der Waals surface area contributed by atoms with Crippen LogP contribution in [0.2, 0.25) is 0 Å². The second-order valence-corrected chi connectivity index (χ2v) is 11.1. The molecule has 1 unspecified atom stereocenters. The van der Waals surface area contributed by atoms with Crippen molar-refractivity contribution in [2.75, 3.05) is 20.2 Å². The Labute approximate surface area is 193 Å². The lowest BCUT2D eigenvalue weighted by molar-refractivity contribution is -0.135. The largest absolute Gasteiger partial charge is 0.465 e. The van der Waals surface area contributed by atoms with Gasteiger partial charge in [0.1, 0.15) is 23.2 Å². The maximum Gasteiger partial charge on any atom is 0.410 e. The number of methoxy groups -OCH3 is 1. The Morgan fingerprint density at radius 2 is 1.64 bits per heavy atom. The first-order valence-corrected chi connectivity index (χ1v) is 12.6. The van der Waals surface area contributed by atoms with Gasteiger partial charge in [-0.15, -0.1) is 0 Å². The zero-order valence-corrected chi connectivity index (χ0v) is 20.2. The first-order chi connectivity index (χ1) is 15.4. The van der Waals surface area contributed by atoms with E-state index >= 15 is 0 Å². The highest BCUT2D eigenvalue weighted by Crippen LogP contribution is 2.53. The van der Waals surface area contributed by atoms with Gasteiger partial charge in [-0.05, 0) is 70.7 Å². The average molecular weight is 482 g/mol. The smallest absolute Gasteiger partial charge is 0.410 e. The van der Waals surface area contributed by atoms with Gasteiger partial charge in [0.25, 0.3) is 0 Å². The summed E-state index contributed by atoms with van der Waals surface area (Å²) in [5.41, 5.74) is -0.416. The van der Waals surface area contributed by atoms with E-state index in [4.69, 9.17) is 9.26 Å². The van der Waals surface area contributed by atoms with Crippen LogP contribution in [-0.4, -0.2) is 70.3 Å². The van der Waals surface area contributed by atoms with Gasteiger partial charge in [-0.2, -0.15) is 0 Å². The minimum atomic E-state index is -4.28. The van der Waals surface area contributed by atoms with Crippen molar-refractivity contribution >= 4 is 25.6 Å². The number of ether oxygens (including phenoxy) is 2. The number of carbonyl (C=O) groups is 3. The third-order valence-electron chi connectivity index (χ3n) is 5.56. The Morgan fingerprint density at radius 1 is 1.03 bits per heavy atom. The molecular formula is C22H31N2O8P. The van der Waals surface area contributed by atoms with Crippen molar-refractivity contribution in [3.8, 4) is 5.75 Å². The fourth-order valence-electron chi connectivity index (χ4n) is 4.08. The minimum Gasteiger partial charge on any atom is -0.465 e. The normalized spacial score (nSPS) is 22.6. The molecule has 3 rings (SSSR count). The fourth-order valence-corrected chi connectivity index (χ4v) is 5.72. The number of hydrogen-bond donors (Lipinski definition) is 1. The number of likely N-dealkylation sites (tertiary alicyclic amines) is 2. The van der Waals surface area contributed by atoms with Crippen molar-refractivity contribution < 1.29 is 37.8 Å². The van der Waals surface area contributed by atoms with Crippen LogP contribution >= 0.6 is 7.60 Å². The van der Waals surface area contributed by atoms with E-state index < -0.39 is 37.1 Å². The third-order valence-corrected chi connectivity index (χ3v) is 7.32. The summed E-state index contributed by atoms with van der Waals surface area (Å²) in [5, 5.41) is 0. The standard InChI is InChI=1S/C22H31N2O8P/c1-22(2,3)31-21(27)23-13-5-7-17(23)19(25)24-14-6-8-18(24)33(28,29)32-16-11-9-15(10-12-16)20(26)30-4/h9-12,17-18H,5-8,13-14H2,1-4H3,(H,28,29)/t17-,18+/m0/s1. The molecule has 10 nitrogen and oxygen atoms in total. The van der Waals surface area contributed by atoms with Crippen molar-refractivity contribution in [1.82, 2.24) is 9.80 Å². The van der Waals surface area contributed by atoms with Crippen LogP contribution in [0.25, 0.3) is 0 Å². The van der Waals surface area contributed by atoms with Crippen LogP contribution in [0.1, 0.15) is 56.8 Å². The zero-order chi connectivity index (χ0) is 24.4. The molecule has 2 saturated heterocycles. The molecule has 182 valence electrons. The summed E-state index contributed by atoms with van der Waals surface area (Å²) in [7, 11) is -3.02.